The number of carboxylic acids is 1. The Balaban J connectivity index is 3.23. The summed E-state index contributed by atoms with van der Waals surface area (Å²) in [7, 11) is -2.42. The number of phenols is 1. The molecule has 0 spiro atoms. The Morgan fingerprint density at radius 3 is 2.19 bits per heavy atom. The standard InChI is InChI=1S/C15H19BF3NO7/c1-14(2,3)27-13(24)20-10(12(22)23)5-7-4-8(15(17,18)19)6-9(11(7)21)16(25)26/h4,6,10,21,25-26H,5H2,1-3H3,(H,20,24)(H,22,23). The highest BCUT2D eigenvalue weighted by Gasteiger charge is 2.35. The van der Waals surface area contributed by atoms with Crippen LogP contribution in [0.4, 0.5) is 18.0 Å². The Morgan fingerprint density at radius 1 is 1.22 bits per heavy atom. The van der Waals surface area contributed by atoms with E-state index in [9.17, 15) is 33.0 Å². The summed E-state index contributed by atoms with van der Waals surface area (Å²) in [5.74, 6) is -2.51. The van der Waals surface area contributed by atoms with Crippen molar-refractivity contribution < 1.29 is 47.8 Å². The number of nitrogens with one attached hydrogen (secondary N) is 1. The number of carbonyl (C=O) groups is 2. The van der Waals surface area contributed by atoms with E-state index in [0.717, 1.165) is 0 Å². The minimum atomic E-state index is -4.89. The molecule has 0 aliphatic rings. The van der Waals surface area contributed by atoms with Gasteiger partial charge in [-0.15, -0.1) is 0 Å². The van der Waals surface area contributed by atoms with Crippen molar-refractivity contribution in [3.05, 3.63) is 23.3 Å². The summed E-state index contributed by atoms with van der Waals surface area (Å²) in [5, 5.41) is 39.5. The Labute approximate surface area is 152 Å². The maximum atomic E-state index is 13.0. The van der Waals surface area contributed by atoms with E-state index in [2.05, 4.69) is 0 Å². The van der Waals surface area contributed by atoms with Gasteiger partial charge in [-0.3, -0.25) is 0 Å². The number of halogens is 3. The second-order valence-electron chi connectivity index (χ2n) is 6.69. The molecule has 0 heterocycles. The van der Waals surface area contributed by atoms with Crippen molar-refractivity contribution in [1.82, 2.24) is 5.32 Å². The second kappa shape index (κ2) is 8.05. The molecule has 12 heteroatoms. The molecule has 150 valence electrons. The maximum absolute atomic E-state index is 13.0. The molecule has 0 saturated heterocycles. The fraction of sp³-hybridized carbons (Fsp3) is 0.467. The molecule has 0 saturated carbocycles. The molecule has 0 bridgehead atoms. The molecule has 0 aromatic heterocycles. The molecule has 0 radical (unpaired) electrons. The number of phenolic OH excluding ortho intramolecular Hbond substituents is 1. The van der Waals surface area contributed by atoms with Crippen LogP contribution in [0, 0.1) is 0 Å². The number of alkyl halides is 3. The summed E-state index contributed by atoms with van der Waals surface area (Å²) in [5.41, 5.74) is -3.66. The molecule has 8 nitrogen and oxygen atoms in total. The van der Waals surface area contributed by atoms with Crippen LogP contribution in [0.1, 0.15) is 31.9 Å². The first-order valence-electron chi connectivity index (χ1n) is 7.63. The molecule has 1 rings (SSSR count). The Kier molecular flexibility index (Phi) is 6.73. The molecule has 1 aromatic carbocycles. The van der Waals surface area contributed by atoms with Gasteiger partial charge in [-0.25, -0.2) is 9.59 Å². The smallest absolute Gasteiger partial charge is 0.492 e. The van der Waals surface area contributed by atoms with Crippen LogP contribution in [0.3, 0.4) is 0 Å². The minimum Gasteiger partial charge on any atom is -0.508 e. The number of rotatable bonds is 5. The van der Waals surface area contributed by atoms with E-state index in [1.165, 1.54) is 20.8 Å². The van der Waals surface area contributed by atoms with E-state index in [0.29, 0.717) is 12.1 Å². The van der Waals surface area contributed by atoms with Crippen LogP contribution in [0.5, 0.6) is 5.75 Å². The molecule has 5 N–H and O–H groups in total. The van der Waals surface area contributed by atoms with E-state index < -0.39 is 65.8 Å². The van der Waals surface area contributed by atoms with Crippen molar-refractivity contribution in [1.29, 1.82) is 0 Å². The highest BCUT2D eigenvalue weighted by Crippen LogP contribution is 2.32. The zero-order valence-corrected chi connectivity index (χ0v) is 14.7. The average molecular weight is 393 g/mol. The third kappa shape index (κ3) is 6.64. The van der Waals surface area contributed by atoms with Gasteiger partial charge in [0.25, 0.3) is 0 Å². The fourth-order valence-corrected chi connectivity index (χ4v) is 2.10. The molecule has 1 atom stereocenters. The lowest BCUT2D eigenvalue weighted by molar-refractivity contribution is -0.139. The number of hydrogen-bond acceptors (Lipinski definition) is 6. The number of hydrogen-bond donors (Lipinski definition) is 5. The highest BCUT2D eigenvalue weighted by molar-refractivity contribution is 6.59. The lowest BCUT2D eigenvalue weighted by atomic mass is 9.77. The zero-order chi connectivity index (χ0) is 21.2. The fourth-order valence-electron chi connectivity index (χ4n) is 2.10. The molecular formula is C15H19BF3NO7. The van der Waals surface area contributed by atoms with Crippen molar-refractivity contribution in [3.8, 4) is 5.75 Å². The zero-order valence-electron chi connectivity index (χ0n) is 14.7. The summed E-state index contributed by atoms with van der Waals surface area (Å²) in [6.07, 6.45) is -6.77. The number of ether oxygens (including phenoxy) is 1. The number of carbonyl (C=O) groups excluding carboxylic acids is 1. The van der Waals surface area contributed by atoms with Crippen LogP contribution in [0.2, 0.25) is 0 Å². The van der Waals surface area contributed by atoms with Crippen LogP contribution in [0.25, 0.3) is 0 Å². The van der Waals surface area contributed by atoms with Crippen LogP contribution >= 0.6 is 0 Å². The number of amides is 1. The van der Waals surface area contributed by atoms with Gasteiger partial charge in [0.2, 0.25) is 0 Å². The summed E-state index contributed by atoms with van der Waals surface area (Å²) in [4.78, 5) is 23.1. The van der Waals surface area contributed by atoms with Crippen molar-refractivity contribution in [3.63, 3.8) is 0 Å². The van der Waals surface area contributed by atoms with Crippen LogP contribution in [-0.4, -0.2) is 51.1 Å². The summed E-state index contributed by atoms with van der Waals surface area (Å²) in [6.45, 7) is 4.57. The number of carboxylic acid groups (broad SMARTS) is 1. The molecule has 27 heavy (non-hydrogen) atoms. The number of aliphatic carboxylic acids is 1. The first-order chi connectivity index (χ1) is 12.1. The third-order valence-corrected chi connectivity index (χ3v) is 3.24. The van der Waals surface area contributed by atoms with Gasteiger partial charge < -0.3 is 30.3 Å². The second-order valence-corrected chi connectivity index (χ2v) is 6.69. The molecule has 1 amide bonds. The Morgan fingerprint density at radius 2 is 1.78 bits per heavy atom. The normalized spacial score (nSPS) is 13.0. The number of aromatic hydroxyl groups is 1. The van der Waals surface area contributed by atoms with Crippen LogP contribution < -0.4 is 10.8 Å². The predicted molar refractivity (Wildman–Crippen MR) is 87.4 cm³/mol. The van der Waals surface area contributed by atoms with Gasteiger partial charge >= 0.3 is 25.4 Å². The Bertz CT molecular complexity index is 717. The molecule has 1 aromatic rings. The summed E-state index contributed by atoms with van der Waals surface area (Å²) >= 11 is 0. The number of alkyl carbamates (subject to hydrolysis) is 1. The third-order valence-electron chi connectivity index (χ3n) is 3.24. The first-order valence-corrected chi connectivity index (χ1v) is 7.63. The first kappa shape index (κ1) is 22.6. The molecule has 0 aliphatic heterocycles. The summed E-state index contributed by atoms with van der Waals surface area (Å²) < 4.78 is 43.8. The van der Waals surface area contributed by atoms with E-state index in [1.54, 1.807) is 0 Å². The van der Waals surface area contributed by atoms with Crippen molar-refractivity contribution in [2.75, 3.05) is 0 Å². The molecule has 1 unspecified atom stereocenters. The van der Waals surface area contributed by atoms with Crippen LogP contribution in [-0.2, 0) is 22.1 Å². The van der Waals surface area contributed by atoms with E-state index >= 15 is 0 Å². The largest absolute Gasteiger partial charge is 0.508 e. The molecular weight excluding hydrogens is 374 g/mol. The van der Waals surface area contributed by atoms with Crippen LogP contribution in [0.15, 0.2) is 12.1 Å². The van der Waals surface area contributed by atoms with Gasteiger partial charge in [0.15, 0.2) is 0 Å². The monoisotopic (exact) mass is 393 g/mol. The molecule has 0 aliphatic carbocycles. The van der Waals surface area contributed by atoms with Gasteiger partial charge in [0.1, 0.15) is 17.4 Å². The number of benzene rings is 1. The van der Waals surface area contributed by atoms with E-state index in [-0.39, 0.29) is 0 Å². The van der Waals surface area contributed by atoms with Gasteiger partial charge in [0.05, 0.1) is 5.56 Å². The van der Waals surface area contributed by atoms with Crippen molar-refractivity contribution >= 4 is 24.6 Å². The van der Waals surface area contributed by atoms with Crippen molar-refractivity contribution in [2.24, 2.45) is 0 Å². The van der Waals surface area contributed by atoms with Crippen molar-refractivity contribution in [2.45, 2.75) is 45.0 Å². The maximum Gasteiger partial charge on any atom is 0.492 e. The summed E-state index contributed by atoms with van der Waals surface area (Å²) in [6, 6.07) is -0.938. The van der Waals surface area contributed by atoms with Gasteiger partial charge in [-0.2, -0.15) is 13.2 Å². The quantitative estimate of drug-likeness (QED) is 0.463. The van der Waals surface area contributed by atoms with E-state index in [1.807, 2.05) is 5.32 Å². The lowest BCUT2D eigenvalue weighted by Gasteiger charge is -2.22. The Hall–Kier alpha value is -2.47. The van der Waals surface area contributed by atoms with E-state index in [4.69, 9.17) is 14.8 Å². The highest BCUT2D eigenvalue weighted by atomic mass is 19.4. The SMILES string of the molecule is CC(C)(C)OC(=O)NC(Cc1cc(C(F)(F)F)cc(B(O)O)c1O)C(=O)O. The average Bonchev–Trinajstić information content (AvgIpc) is 2.44. The van der Waals surface area contributed by atoms with Gasteiger partial charge in [-0.1, -0.05) is 0 Å². The van der Waals surface area contributed by atoms with Gasteiger partial charge in [-0.05, 0) is 38.5 Å². The lowest BCUT2D eigenvalue weighted by Crippen LogP contribution is -2.45. The van der Waals surface area contributed by atoms with Gasteiger partial charge in [0, 0.05) is 11.9 Å². The molecule has 0 fully saturated rings. The topological polar surface area (TPSA) is 136 Å². The minimum absolute atomic E-state index is 0.334. The predicted octanol–water partition coefficient (Wildman–Crippen LogP) is 0.611.